The van der Waals surface area contributed by atoms with E-state index >= 15 is 0 Å². The van der Waals surface area contributed by atoms with Crippen LogP contribution in [0.4, 0.5) is 8.78 Å². The average molecular weight is 222 g/mol. The zero-order valence-corrected chi connectivity index (χ0v) is 8.49. The minimum Gasteiger partial charge on any atom is -0.496 e. The van der Waals surface area contributed by atoms with Gasteiger partial charge in [-0.2, -0.15) is 0 Å². The molecule has 0 aromatic rings. The Morgan fingerprint density at radius 1 is 1.53 bits per heavy atom. The third kappa shape index (κ3) is 5.09. The summed E-state index contributed by atoms with van der Waals surface area (Å²) in [5.41, 5.74) is 0. The smallest absolute Gasteiger partial charge is 0.261 e. The van der Waals surface area contributed by atoms with Crippen molar-refractivity contribution in [3.63, 3.8) is 0 Å². The molecule has 88 valence electrons. The fourth-order valence-corrected chi connectivity index (χ4v) is 1.32. The molecule has 1 atom stereocenters. The van der Waals surface area contributed by atoms with Gasteiger partial charge in [-0.15, -0.1) is 0 Å². The third-order valence-electron chi connectivity index (χ3n) is 2.07. The predicted molar refractivity (Wildman–Crippen MR) is 50.7 cm³/mol. The van der Waals surface area contributed by atoms with E-state index in [0.29, 0.717) is 18.8 Å². The van der Waals surface area contributed by atoms with E-state index in [2.05, 4.69) is 4.74 Å². The lowest BCUT2D eigenvalue weighted by Crippen LogP contribution is -2.19. The van der Waals surface area contributed by atoms with Gasteiger partial charge in [-0.3, -0.25) is 0 Å². The molecule has 1 N–H and O–H groups in total. The molecule has 1 aliphatic rings. The van der Waals surface area contributed by atoms with E-state index in [1.807, 2.05) is 6.08 Å². The van der Waals surface area contributed by atoms with Gasteiger partial charge in [0.05, 0.1) is 6.61 Å². The maximum atomic E-state index is 11.7. The number of hydrogen-bond acceptors (Lipinski definition) is 3. The summed E-state index contributed by atoms with van der Waals surface area (Å²) in [5.74, 6) is 0.543. The molecule has 1 rings (SSSR count). The summed E-state index contributed by atoms with van der Waals surface area (Å²) in [5, 5.41) is 9.58. The summed E-state index contributed by atoms with van der Waals surface area (Å²) in [6.07, 6.45) is 0.789. The summed E-state index contributed by atoms with van der Waals surface area (Å²) in [4.78, 5) is 0. The van der Waals surface area contributed by atoms with Crippen molar-refractivity contribution in [1.29, 1.82) is 0 Å². The van der Waals surface area contributed by atoms with Gasteiger partial charge >= 0.3 is 0 Å². The fraction of sp³-hybridized carbons (Fsp3) is 0.800. The van der Waals surface area contributed by atoms with Gasteiger partial charge in [-0.05, 0) is 18.9 Å². The highest BCUT2D eigenvalue weighted by atomic mass is 19.3. The van der Waals surface area contributed by atoms with Crippen molar-refractivity contribution >= 4 is 0 Å². The lowest BCUT2D eigenvalue weighted by molar-refractivity contribution is 0.00119. The van der Waals surface area contributed by atoms with Crippen LogP contribution in [0.5, 0.6) is 0 Å². The van der Waals surface area contributed by atoms with Gasteiger partial charge in [0.25, 0.3) is 6.43 Å². The third-order valence-corrected chi connectivity index (χ3v) is 2.07. The largest absolute Gasteiger partial charge is 0.496 e. The second-order valence-electron chi connectivity index (χ2n) is 3.37. The molecular weight excluding hydrogens is 206 g/mol. The Morgan fingerprint density at radius 3 is 2.93 bits per heavy atom. The van der Waals surface area contributed by atoms with E-state index in [1.165, 1.54) is 0 Å². The molecule has 15 heavy (non-hydrogen) atoms. The van der Waals surface area contributed by atoms with Crippen molar-refractivity contribution in [1.82, 2.24) is 0 Å². The van der Waals surface area contributed by atoms with Crippen LogP contribution in [0, 0.1) is 0 Å². The van der Waals surface area contributed by atoms with Gasteiger partial charge in [0.15, 0.2) is 0 Å². The highest BCUT2D eigenvalue weighted by Crippen LogP contribution is 2.15. The highest BCUT2D eigenvalue weighted by molar-refractivity contribution is 5.01. The van der Waals surface area contributed by atoms with Crippen LogP contribution in [0.1, 0.15) is 19.3 Å². The van der Waals surface area contributed by atoms with Crippen molar-refractivity contribution in [3.8, 4) is 0 Å². The highest BCUT2D eigenvalue weighted by Gasteiger charge is 2.14. The molecule has 0 saturated carbocycles. The molecule has 1 aliphatic heterocycles. The van der Waals surface area contributed by atoms with Crippen LogP contribution < -0.4 is 0 Å². The van der Waals surface area contributed by atoms with E-state index in [1.54, 1.807) is 0 Å². The van der Waals surface area contributed by atoms with E-state index < -0.39 is 19.1 Å². The van der Waals surface area contributed by atoms with Gasteiger partial charge in [0.2, 0.25) is 0 Å². The lowest BCUT2D eigenvalue weighted by atomic mass is 10.1. The SMILES string of the molecule is OC(CCOCC(F)F)C1=CCCCO1. The van der Waals surface area contributed by atoms with E-state index in [9.17, 15) is 13.9 Å². The first-order valence-electron chi connectivity index (χ1n) is 5.07. The van der Waals surface area contributed by atoms with Crippen molar-refractivity contribution < 1.29 is 23.4 Å². The van der Waals surface area contributed by atoms with Crippen LogP contribution in [-0.4, -0.2) is 37.5 Å². The Morgan fingerprint density at radius 2 is 2.33 bits per heavy atom. The average Bonchev–Trinajstić information content (AvgIpc) is 2.25. The van der Waals surface area contributed by atoms with E-state index in [-0.39, 0.29) is 6.61 Å². The van der Waals surface area contributed by atoms with Crippen LogP contribution in [0.3, 0.4) is 0 Å². The van der Waals surface area contributed by atoms with Crippen LogP contribution in [-0.2, 0) is 9.47 Å². The number of alkyl halides is 2. The molecule has 1 heterocycles. The molecule has 0 aromatic carbocycles. The second kappa shape index (κ2) is 6.74. The molecule has 0 fully saturated rings. The summed E-state index contributed by atoms with van der Waals surface area (Å²) >= 11 is 0. The van der Waals surface area contributed by atoms with Gasteiger partial charge in [0, 0.05) is 13.0 Å². The summed E-state index contributed by atoms with van der Waals surface area (Å²) in [7, 11) is 0. The molecule has 5 heteroatoms. The molecule has 0 spiro atoms. The normalized spacial score (nSPS) is 18.5. The number of aliphatic hydroxyl groups is 1. The van der Waals surface area contributed by atoms with Crippen molar-refractivity contribution in [2.75, 3.05) is 19.8 Å². The van der Waals surface area contributed by atoms with E-state index in [0.717, 1.165) is 12.8 Å². The van der Waals surface area contributed by atoms with Gasteiger partial charge in [-0.25, -0.2) is 8.78 Å². The van der Waals surface area contributed by atoms with Gasteiger partial charge in [-0.1, -0.05) is 0 Å². The van der Waals surface area contributed by atoms with Crippen LogP contribution >= 0.6 is 0 Å². The summed E-state index contributed by atoms with van der Waals surface area (Å²) in [6, 6.07) is 0. The molecular formula is C10H16F2O3. The minimum absolute atomic E-state index is 0.117. The first-order valence-corrected chi connectivity index (χ1v) is 5.07. The summed E-state index contributed by atoms with van der Waals surface area (Å²) in [6.45, 7) is 0.152. The Balaban J connectivity index is 2.12. The van der Waals surface area contributed by atoms with Crippen LogP contribution in [0.15, 0.2) is 11.8 Å². The topological polar surface area (TPSA) is 38.7 Å². The van der Waals surface area contributed by atoms with Gasteiger partial charge < -0.3 is 14.6 Å². The number of rotatable bonds is 6. The maximum absolute atomic E-state index is 11.7. The first kappa shape index (κ1) is 12.4. The molecule has 0 aromatic heterocycles. The Hall–Kier alpha value is -0.680. The predicted octanol–water partition coefficient (Wildman–Crippen LogP) is 1.71. The number of aliphatic hydroxyl groups excluding tert-OH is 1. The quantitative estimate of drug-likeness (QED) is 0.695. The van der Waals surface area contributed by atoms with Gasteiger partial charge in [0.1, 0.15) is 18.5 Å². The second-order valence-corrected chi connectivity index (χ2v) is 3.37. The van der Waals surface area contributed by atoms with Crippen molar-refractivity contribution in [3.05, 3.63) is 11.8 Å². The summed E-state index contributed by atoms with van der Waals surface area (Å²) < 4.78 is 33.3. The number of allylic oxidation sites excluding steroid dienone is 1. The molecule has 0 amide bonds. The molecule has 0 saturated heterocycles. The van der Waals surface area contributed by atoms with Crippen molar-refractivity contribution in [2.24, 2.45) is 0 Å². The fourth-order valence-electron chi connectivity index (χ4n) is 1.32. The Labute approximate surface area is 87.7 Å². The molecule has 3 nitrogen and oxygen atoms in total. The Kier molecular flexibility index (Phi) is 5.57. The standard InChI is InChI=1S/C10H16F2O3/c11-10(12)7-14-6-4-8(13)9-3-1-2-5-15-9/h3,8,10,13H,1-2,4-7H2. The van der Waals surface area contributed by atoms with Crippen LogP contribution in [0.25, 0.3) is 0 Å². The molecule has 1 unspecified atom stereocenters. The molecule has 0 radical (unpaired) electrons. The lowest BCUT2D eigenvalue weighted by Gasteiger charge is -2.19. The zero-order valence-electron chi connectivity index (χ0n) is 8.49. The maximum Gasteiger partial charge on any atom is 0.261 e. The molecule has 0 bridgehead atoms. The van der Waals surface area contributed by atoms with Crippen molar-refractivity contribution in [2.45, 2.75) is 31.8 Å². The number of hydrogen-bond donors (Lipinski definition) is 1. The zero-order chi connectivity index (χ0) is 11.1. The number of ether oxygens (including phenoxy) is 2. The Bertz CT molecular complexity index is 207. The minimum atomic E-state index is -2.45. The van der Waals surface area contributed by atoms with E-state index in [4.69, 9.17) is 4.74 Å². The number of halogens is 2. The first-order chi connectivity index (χ1) is 7.20. The van der Waals surface area contributed by atoms with Crippen LogP contribution in [0.2, 0.25) is 0 Å². The molecule has 0 aliphatic carbocycles. The monoisotopic (exact) mass is 222 g/mol.